The Bertz CT molecular complexity index is 3230. The van der Waals surface area contributed by atoms with Crippen LogP contribution in [0.1, 0.15) is 133 Å². The molecule has 0 saturated carbocycles. The van der Waals surface area contributed by atoms with Gasteiger partial charge in [-0.15, -0.1) is 23.1 Å². The van der Waals surface area contributed by atoms with Crippen LogP contribution < -0.4 is 21.3 Å². The highest BCUT2D eigenvalue weighted by molar-refractivity contribution is 8.00. The molecule has 3 aromatic carbocycles. The maximum Gasteiger partial charge on any atom is 0.268 e. The highest BCUT2D eigenvalue weighted by Crippen LogP contribution is 2.34. The number of fused-ring (bicyclic) bond motifs is 1. The van der Waals surface area contributed by atoms with Crippen molar-refractivity contribution in [3.63, 3.8) is 0 Å². The number of benzene rings is 3. The third kappa shape index (κ3) is 14.7. The Kier molecular flexibility index (Phi) is 18.1. The van der Waals surface area contributed by atoms with Crippen molar-refractivity contribution >= 4 is 80.2 Å². The molecule has 1 aliphatic heterocycles. The van der Waals surface area contributed by atoms with Gasteiger partial charge >= 0.3 is 0 Å². The monoisotopic (exact) mass is 1110 g/mol. The summed E-state index contributed by atoms with van der Waals surface area (Å²) in [5, 5.41) is 31.4. The van der Waals surface area contributed by atoms with Crippen LogP contribution >= 0.6 is 34.4 Å². The van der Waals surface area contributed by atoms with E-state index in [1.54, 1.807) is 50.3 Å². The number of hydrogen-bond donors (Lipinski definition) is 6. The van der Waals surface area contributed by atoms with Gasteiger partial charge in [0.15, 0.2) is 5.13 Å². The summed E-state index contributed by atoms with van der Waals surface area (Å²) >= 11 is 4.41. The fourth-order valence-corrected chi connectivity index (χ4v) is 11.7. The summed E-state index contributed by atoms with van der Waals surface area (Å²) in [6, 6.07) is 21.9. The normalized spacial score (nSPS) is 14.2. The number of aromatic amines is 1. The molecule has 4 aromatic heterocycles. The number of piperazine rings is 1. The second kappa shape index (κ2) is 24.4. The van der Waals surface area contributed by atoms with Gasteiger partial charge in [0.2, 0.25) is 11.9 Å². The Morgan fingerprint density at radius 2 is 1.47 bits per heavy atom. The van der Waals surface area contributed by atoms with Gasteiger partial charge in [-0.1, -0.05) is 70.2 Å². The molecule has 0 aliphatic carbocycles. The number of carbonyl (C=O) groups excluding carboxylic acids is 4. The lowest BCUT2D eigenvalue weighted by Gasteiger charge is -2.37. The van der Waals surface area contributed by atoms with E-state index in [1.165, 1.54) is 22.7 Å². The Hall–Kier alpha value is -6.22. The van der Waals surface area contributed by atoms with Crippen molar-refractivity contribution in [3.8, 4) is 10.4 Å². The Morgan fingerprint density at radius 3 is 2.17 bits per heavy atom. The standard InChI is InChI=1S/C59H75N11O5S3/c1-36-26-42(34-76-51-33-62-56(78-51)67-52(72)43-15-12-40(13-16-43)29-60-38(3)57(5,6)7)27-45(37(36)2)54(74)69-24-22-68(23-25-69)50(71)20-21-58(8,9)39(4)61-30-41-14-17-47-46(28-41)65-55(70(47)35-59(10,11)75)66-53(73)49-19-18-48(77-49)44-31-63-64-32-44/h12-19,26-28,31-33,38-39,60-61,75H,20-25,29-30,34-35H2,1-11H3,(H,63,64)(H,62,67,72)(H,65,66,73). The largest absolute Gasteiger partial charge is 0.389 e. The Morgan fingerprint density at radius 1 is 0.782 bits per heavy atom. The number of H-pyrrole nitrogens is 1. The van der Waals surface area contributed by atoms with Crippen molar-refractivity contribution in [3.05, 3.63) is 129 Å². The molecule has 16 nitrogen and oxygen atoms in total. The fraction of sp³-hybridized carbons (Fsp3) is 0.441. The minimum absolute atomic E-state index is 0.0224. The van der Waals surface area contributed by atoms with E-state index in [1.807, 2.05) is 82.8 Å². The highest BCUT2D eigenvalue weighted by atomic mass is 32.2. The Labute approximate surface area is 470 Å². The van der Waals surface area contributed by atoms with E-state index in [2.05, 4.69) is 91.0 Å². The predicted molar refractivity (Wildman–Crippen MR) is 315 cm³/mol. The number of nitrogens with one attached hydrogen (secondary N) is 5. The first-order valence-corrected chi connectivity index (χ1v) is 29.3. The van der Waals surface area contributed by atoms with E-state index in [-0.39, 0.29) is 47.0 Å². The molecule has 78 heavy (non-hydrogen) atoms. The van der Waals surface area contributed by atoms with E-state index in [9.17, 15) is 24.3 Å². The molecule has 8 rings (SSSR count). The zero-order valence-electron chi connectivity index (χ0n) is 46.8. The smallest absolute Gasteiger partial charge is 0.268 e. The molecular weight excluding hydrogens is 1040 g/mol. The number of aromatic nitrogens is 5. The van der Waals surface area contributed by atoms with Crippen LogP contribution in [-0.2, 0) is 30.2 Å². The Balaban J connectivity index is 0.788. The van der Waals surface area contributed by atoms with Gasteiger partial charge in [-0.05, 0) is 129 Å². The summed E-state index contributed by atoms with van der Waals surface area (Å²) in [5.74, 6) is 0.572. The number of carbonyl (C=O) groups is 4. The molecule has 2 atom stereocenters. The number of thioether (sulfide) groups is 1. The maximum absolute atomic E-state index is 14.1. The van der Waals surface area contributed by atoms with Gasteiger partial charge in [-0.3, -0.25) is 34.9 Å². The first kappa shape index (κ1) is 57.9. The van der Waals surface area contributed by atoms with Gasteiger partial charge < -0.3 is 30.1 Å². The highest BCUT2D eigenvalue weighted by Gasteiger charge is 2.31. The van der Waals surface area contributed by atoms with Crippen LogP contribution in [-0.4, -0.2) is 107 Å². The minimum atomic E-state index is -1.06. The van der Waals surface area contributed by atoms with E-state index in [0.29, 0.717) is 90.0 Å². The number of imidazole rings is 1. The number of rotatable bonds is 21. The van der Waals surface area contributed by atoms with Crippen molar-refractivity contribution in [2.75, 3.05) is 36.8 Å². The number of aliphatic hydroxyl groups is 1. The van der Waals surface area contributed by atoms with Crippen molar-refractivity contribution in [1.29, 1.82) is 0 Å². The van der Waals surface area contributed by atoms with Gasteiger partial charge in [0.25, 0.3) is 17.7 Å². The topological polar surface area (TPSA) is 202 Å². The second-order valence-corrected chi connectivity index (χ2v) is 26.4. The lowest BCUT2D eigenvalue weighted by Crippen LogP contribution is -2.51. The molecule has 19 heteroatoms. The number of nitrogens with zero attached hydrogens (tertiary/aromatic N) is 6. The van der Waals surface area contributed by atoms with Crippen molar-refractivity contribution < 1.29 is 24.3 Å². The van der Waals surface area contributed by atoms with E-state index >= 15 is 0 Å². The lowest BCUT2D eigenvalue weighted by atomic mass is 9.80. The van der Waals surface area contributed by atoms with Crippen LogP contribution in [0.3, 0.4) is 0 Å². The van der Waals surface area contributed by atoms with E-state index in [0.717, 1.165) is 54.5 Å². The molecule has 2 unspecified atom stereocenters. The van der Waals surface area contributed by atoms with Gasteiger partial charge in [0.1, 0.15) is 0 Å². The molecule has 1 saturated heterocycles. The number of hydrogen-bond acceptors (Lipinski definition) is 13. The molecule has 6 N–H and O–H groups in total. The zero-order chi connectivity index (χ0) is 56.1. The number of anilines is 2. The van der Waals surface area contributed by atoms with Gasteiger partial charge in [0, 0.05) is 91.3 Å². The second-order valence-electron chi connectivity index (χ2n) is 23.0. The molecule has 0 radical (unpaired) electrons. The summed E-state index contributed by atoms with van der Waals surface area (Å²) in [6.07, 6.45) is 6.36. The predicted octanol–water partition coefficient (Wildman–Crippen LogP) is 10.9. The molecule has 1 aliphatic rings. The van der Waals surface area contributed by atoms with Crippen LogP contribution in [0.25, 0.3) is 21.5 Å². The number of amides is 4. The molecule has 0 bridgehead atoms. The average Bonchev–Trinajstić information content (AvgIpc) is 4.29. The third-order valence-electron chi connectivity index (χ3n) is 15.1. The number of aryl methyl sites for hydroxylation is 1. The van der Waals surface area contributed by atoms with E-state index < -0.39 is 5.60 Å². The molecule has 7 aromatic rings. The van der Waals surface area contributed by atoms with Crippen LogP contribution in [0.2, 0.25) is 0 Å². The molecule has 414 valence electrons. The maximum atomic E-state index is 14.1. The summed E-state index contributed by atoms with van der Waals surface area (Å²) in [6.45, 7) is 26.2. The summed E-state index contributed by atoms with van der Waals surface area (Å²) < 4.78 is 2.80. The van der Waals surface area contributed by atoms with Crippen molar-refractivity contribution in [1.82, 2.24) is 45.2 Å². The van der Waals surface area contributed by atoms with Gasteiger partial charge in [-0.2, -0.15) is 5.10 Å². The van der Waals surface area contributed by atoms with Crippen molar-refractivity contribution in [2.45, 2.75) is 136 Å². The summed E-state index contributed by atoms with van der Waals surface area (Å²) in [4.78, 5) is 68.8. The average molecular weight is 1110 g/mol. The summed E-state index contributed by atoms with van der Waals surface area (Å²) in [5.41, 5.74) is 7.69. The van der Waals surface area contributed by atoms with Gasteiger partial charge in [-0.25, -0.2) is 9.97 Å². The molecule has 5 heterocycles. The van der Waals surface area contributed by atoms with Crippen LogP contribution in [0, 0.1) is 24.7 Å². The first-order chi connectivity index (χ1) is 36.9. The third-order valence-corrected chi connectivity index (χ3v) is 18.4. The quantitative estimate of drug-likeness (QED) is 0.0374. The minimum Gasteiger partial charge on any atom is -0.389 e. The molecule has 1 fully saturated rings. The first-order valence-electron chi connectivity index (χ1n) is 26.7. The molecular formula is C59H75N11O5S3. The lowest BCUT2D eigenvalue weighted by molar-refractivity contribution is -0.133. The van der Waals surface area contributed by atoms with Crippen molar-refractivity contribution in [2.24, 2.45) is 10.8 Å². The van der Waals surface area contributed by atoms with E-state index in [4.69, 9.17) is 4.98 Å². The zero-order valence-corrected chi connectivity index (χ0v) is 49.2. The van der Waals surface area contributed by atoms with Crippen LogP contribution in [0.5, 0.6) is 0 Å². The SMILES string of the molecule is Cc1cc(CSc2cnc(NC(=O)c3ccc(CNC(C)C(C)(C)C)cc3)s2)cc(C(=O)N2CCN(C(=O)CCC(C)(C)C(C)NCc3ccc4c(c3)nc(NC(=O)c3ccc(-c5cn[nH]c5)s3)n4CC(C)(C)O)CC2)c1C. The van der Waals surface area contributed by atoms with Gasteiger partial charge in [0.05, 0.1) is 44.7 Å². The summed E-state index contributed by atoms with van der Waals surface area (Å²) in [7, 11) is 0. The van der Waals surface area contributed by atoms with Crippen LogP contribution in [0.4, 0.5) is 11.1 Å². The number of thiophene rings is 1. The number of thiazole rings is 1. The molecule has 4 amide bonds. The fourth-order valence-electron chi connectivity index (χ4n) is 9.07. The molecule has 0 spiro atoms. The van der Waals surface area contributed by atoms with Crippen LogP contribution in [0.15, 0.2) is 89.5 Å².